The lowest BCUT2D eigenvalue weighted by molar-refractivity contribution is 0.307. The monoisotopic (exact) mass is 630 g/mol. The van der Waals surface area contributed by atoms with E-state index >= 15 is 0 Å². The quantitative estimate of drug-likeness (QED) is 0.100. The molecule has 12 N–H and O–H groups in total. The van der Waals surface area contributed by atoms with Crippen molar-refractivity contribution >= 4 is 40.5 Å². The molecule has 0 spiro atoms. The highest BCUT2D eigenvalue weighted by atomic mass is 32.2. The van der Waals surface area contributed by atoms with Crippen LogP contribution in [0, 0.1) is 0 Å². The van der Waals surface area contributed by atoms with Crippen LogP contribution in [0.4, 0.5) is 0 Å². The van der Waals surface area contributed by atoms with Gasteiger partial charge in [0.05, 0.1) is 25.0 Å². The van der Waals surface area contributed by atoms with Gasteiger partial charge in [0.15, 0.2) is 0 Å². The summed E-state index contributed by atoms with van der Waals surface area (Å²) in [7, 11) is -14.7. The van der Waals surface area contributed by atoms with Gasteiger partial charge in [0.25, 0.3) is 40.5 Å². The van der Waals surface area contributed by atoms with Crippen molar-refractivity contribution in [1.29, 1.82) is 0 Å². The summed E-state index contributed by atoms with van der Waals surface area (Å²) in [4.78, 5) is 0. The molecule has 1 aliphatic rings. The van der Waals surface area contributed by atoms with Crippen LogP contribution < -0.4 is 22.1 Å². The van der Waals surface area contributed by atoms with Crippen molar-refractivity contribution in [2.75, 3.05) is 51.2 Å². The average Bonchev–Trinajstić information content (AvgIpc) is 2.58. The van der Waals surface area contributed by atoms with Gasteiger partial charge in [-0.15, -0.1) is 0 Å². The first-order chi connectivity index (χ1) is 15.9. The Kier molecular flexibility index (Phi) is 30.6. The predicted octanol–water partition coefficient (Wildman–Crippen LogP) is -2.63. The zero-order chi connectivity index (χ0) is 29.6. The van der Waals surface area contributed by atoms with Crippen molar-refractivity contribution in [3.63, 3.8) is 0 Å². The molecule has 0 aromatic carbocycles. The highest BCUT2D eigenvalue weighted by Gasteiger charge is 2.19. The summed E-state index contributed by atoms with van der Waals surface area (Å²) in [6.45, 7) is 3.74. The topological polar surface area (TPSA) is 325 Å². The molecule has 1 fully saturated rings. The second-order valence-electron chi connectivity index (χ2n) is 7.67. The second kappa shape index (κ2) is 24.5. The number of nitrogens with two attached hydrogens (primary N) is 2. The van der Waals surface area contributed by atoms with Crippen LogP contribution >= 0.6 is 0 Å². The fourth-order valence-corrected chi connectivity index (χ4v) is 2.32. The first-order valence-electron chi connectivity index (χ1n) is 10.4. The van der Waals surface area contributed by atoms with Crippen molar-refractivity contribution < 1.29 is 57.4 Å². The summed E-state index contributed by atoms with van der Waals surface area (Å²) in [6, 6.07) is 1.44. The number of nitrogens with one attached hydrogen (secondary N) is 2. The Hall–Kier alpha value is -0.560. The number of rotatable bonds is 8. The minimum absolute atomic E-state index is 0. The lowest BCUT2D eigenvalue weighted by atomic mass is 9.91. The van der Waals surface area contributed by atoms with Gasteiger partial charge in [-0.1, -0.05) is 0 Å². The number of hydrogen-bond acceptors (Lipinski definition) is 12. The van der Waals surface area contributed by atoms with Crippen molar-refractivity contribution in [2.45, 2.75) is 50.6 Å². The first kappa shape index (κ1) is 46.3. The molecule has 0 radical (unpaired) electrons. The standard InChI is InChI=1S/C12H28N4.4CH4O3S.H2O/c13-7-1-9-15-11-3-5-12(6-4-11)16-10-2-8-14;4*1-5(2,3)4;/h11-12,15-16H,1-10,13-14H2;4*1H3,(H,2,3,4);1H2. The van der Waals surface area contributed by atoms with Crippen LogP contribution in [0.3, 0.4) is 0 Å². The minimum Gasteiger partial charge on any atom is -0.412 e. The van der Waals surface area contributed by atoms with Gasteiger partial charge in [-0.3, -0.25) is 18.2 Å². The maximum absolute atomic E-state index is 9.19. The molecule has 0 saturated heterocycles. The van der Waals surface area contributed by atoms with Gasteiger partial charge in [0, 0.05) is 12.1 Å². The molecule has 1 saturated carbocycles. The molecular formula is C16H46N4O13S4. The van der Waals surface area contributed by atoms with Crippen LogP contribution in [0.25, 0.3) is 0 Å². The Labute approximate surface area is 221 Å². The van der Waals surface area contributed by atoms with E-state index in [1.807, 2.05) is 0 Å². The summed E-state index contributed by atoms with van der Waals surface area (Å²) in [5, 5.41) is 7.17. The normalized spacial score (nSPS) is 17.5. The fourth-order valence-electron chi connectivity index (χ4n) is 2.32. The van der Waals surface area contributed by atoms with Gasteiger partial charge in [0.1, 0.15) is 0 Å². The predicted molar refractivity (Wildman–Crippen MR) is 143 cm³/mol. The minimum atomic E-state index is -3.67. The molecule has 0 aromatic heterocycles. The summed E-state index contributed by atoms with van der Waals surface area (Å²) in [5.41, 5.74) is 10.9. The van der Waals surface area contributed by atoms with E-state index in [1.165, 1.54) is 25.7 Å². The van der Waals surface area contributed by atoms with E-state index in [9.17, 15) is 33.7 Å². The largest absolute Gasteiger partial charge is 0.412 e. The first-order valence-corrected chi connectivity index (χ1v) is 17.8. The van der Waals surface area contributed by atoms with Crippen LogP contribution in [0.5, 0.6) is 0 Å². The number of hydrogen-bond donors (Lipinski definition) is 8. The lowest BCUT2D eigenvalue weighted by Crippen LogP contribution is -2.41. The van der Waals surface area contributed by atoms with Gasteiger partial charge in [-0.25, -0.2) is 0 Å². The molecule has 232 valence electrons. The van der Waals surface area contributed by atoms with E-state index in [0.29, 0.717) is 25.0 Å². The van der Waals surface area contributed by atoms with E-state index in [0.717, 1.165) is 51.1 Å². The second-order valence-corrected chi connectivity index (χ2v) is 13.5. The Morgan fingerprint density at radius 3 is 0.865 bits per heavy atom. The van der Waals surface area contributed by atoms with Gasteiger partial charge in [-0.05, 0) is 64.7 Å². The smallest absolute Gasteiger partial charge is 0.261 e. The molecule has 0 atom stereocenters. The highest BCUT2D eigenvalue weighted by Crippen LogP contribution is 2.18. The average molecular weight is 631 g/mol. The van der Waals surface area contributed by atoms with Crippen LogP contribution in [-0.4, -0.2) is 121 Å². The molecule has 0 aromatic rings. The van der Waals surface area contributed by atoms with Crippen molar-refractivity contribution in [3.05, 3.63) is 0 Å². The van der Waals surface area contributed by atoms with E-state index in [-0.39, 0.29) is 5.48 Å². The maximum Gasteiger partial charge on any atom is 0.261 e. The van der Waals surface area contributed by atoms with Gasteiger partial charge in [-0.2, -0.15) is 33.7 Å². The van der Waals surface area contributed by atoms with Gasteiger partial charge < -0.3 is 27.6 Å². The van der Waals surface area contributed by atoms with Gasteiger partial charge in [0.2, 0.25) is 0 Å². The Morgan fingerprint density at radius 2 is 0.730 bits per heavy atom. The summed E-state index contributed by atoms with van der Waals surface area (Å²) in [5.74, 6) is 0. The van der Waals surface area contributed by atoms with Crippen LogP contribution in [0.15, 0.2) is 0 Å². The molecule has 0 heterocycles. The Balaban J connectivity index is -0.000000135. The fraction of sp³-hybridized carbons (Fsp3) is 1.00. The van der Waals surface area contributed by atoms with E-state index in [1.54, 1.807) is 0 Å². The summed E-state index contributed by atoms with van der Waals surface area (Å²) >= 11 is 0. The zero-order valence-electron chi connectivity index (χ0n) is 21.6. The zero-order valence-corrected chi connectivity index (χ0v) is 24.8. The molecule has 0 amide bonds. The molecular weight excluding hydrogens is 584 g/mol. The molecule has 21 heteroatoms. The summed E-state index contributed by atoms with van der Waals surface area (Å²) < 4.78 is 103. The van der Waals surface area contributed by atoms with Crippen molar-refractivity contribution in [1.82, 2.24) is 10.6 Å². The third-order valence-electron chi connectivity index (χ3n) is 3.36. The lowest BCUT2D eigenvalue weighted by Gasteiger charge is -2.30. The summed E-state index contributed by atoms with van der Waals surface area (Å²) in [6.07, 6.45) is 10.2. The Bertz CT molecular complexity index is 763. The third-order valence-corrected chi connectivity index (χ3v) is 3.36. The Morgan fingerprint density at radius 1 is 0.568 bits per heavy atom. The van der Waals surface area contributed by atoms with Crippen LogP contribution in [-0.2, 0) is 40.5 Å². The van der Waals surface area contributed by atoms with E-state index in [2.05, 4.69) is 10.6 Å². The van der Waals surface area contributed by atoms with Gasteiger partial charge >= 0.3 is 0 Å². The molecule has 1 aliphatic carbocycles. The van der Waals surface area contributed by atoms with Crippen molar-refractivity contribution in [2.24, 2.45) is 11.5 Å². The third kappa shape index (κ3) is 105. The van der Waals surface area contributed by atoms with Crippen molar-refractivity contribution in [3.8, 4) is 0 Å². The molecule has 17 nitrogen and oxygen atoms in total. The maximum atomic E-state index is 9.19. The molecule has 0 aliphatic heterocycles. The van der Waals surface area contributed by atoms with E-state index < -0.39 is 40.5 Å². The molecule has 0 unspecified atom stereocenters. The molecule has 1 rings (SSSR count). The highest BCUT2D eigenvalue weighted by molar-refractivity contribution is 7.85. The van der Waals surface area contributed by atoms with E-state index in [4.69, 9.17) is 29.7 Å². The molecule has 37 heavy (non-hydrogen) atoms. The molecule has 0 bridgehead atoms. The van der Waals surface area contributed by atoms with Crippen LogP contribution in [0.2, 0.25) is 0 Å². The van der Waals surface area contributed by atoms with Crippen LogP contribution in [0.1, 0.15) is 38.5 Å². The SMILES string of the molecule is CS(=O)(=O)O.CS(=O)(=O)O.CS(=O)(=O)O.CS(=O)(=O)O.NCCCNC1CCC(NCCCN)CC1.O.